The van der Waals surface area contributed by atoms with E-state index in [9.17, 15) is 9.59 Å². The van der Waals surface area contributed by atoms with Crippen LogP contribution in [0.3, 0.4) is 0 Å². The normalized spacial score (nSPS) is 21.6. The van der Waals surface area contributed by atoms with Crippen molar-refractivity contribution in [3.63, 3.8) is 0 Å². The number of hydrogen-bond donors (Lipinski definition) is 1. The number of para-hydroxylation sites is 1. The molecule has 0 aliphatic carbocycles. The number of fused-ring (bicyclic) bond motifs is 1. The fraction of sp³-hybridized carbons (Fsp3) is 0.613. The molecular formula is C31H43N5O3. The number of aromatic nitrogens is 2. The van der Waals surface area contributed by atoms with E-state index in [1.165, 1.54) is 5.56 Å². The van der Waals surface area contributed by atoms with E-state index in [4.69, 9.17) is 4.74 Å². The standard InChI is InChI=1S/C31H43N5O3/c1-24-10-17-32-29(34-24)26-11-18-36(19-12-26)28(37)23-35-20-14-31(15-21-35)13-5-4-8-25-7-2-3-9-27(25)39-22-6-16-33-30(31)38/h2-3,7,9-10,17,26H,4-6,8,11-16,18-23H2,1H3,(H,33,38). The molecule has 1 N–H and O–H groups in total. The maximum absolute atomic E-state index is 13.4. The minimum absolute atomic E-state index is 0.186. The fourth-order valence-corrected chi connectivity index (χ4v) is 6.35. The van der Waals surface area contributed by atoms with Crippen molar-refractivity contribution in [3.05, 3.63) is 53.6 Å². The number of ether oxygens (including phenoxy) is 1. The average molecular weight is 534 g/mol. The van der Waals surface area contributed by atoms with E-state index in [1.807, 2.05) is 36.2 Å². The molecule has 2 amide bonds. The first-order valence-electron chi connectivity index (χ1n) is 14.8. The lowest BCUT2D eigenvalue weighted by molar-refractivity contribution is -0.137. The van der Waals surface area contributed by atoms with Crippen LogP contribution in [0, 0.1) is 12.3 Å². The summed E-state index contributed by atoms with van der Waals surface area (Å²) in [6.07, 6.45) is 10.00. The Hall–Kier alpha value is -3.00. The second-order valence-electron chi connectivity index (χ2n) is 11.5. The van der Waals surface area contributed by atoms with Crippen LogP contribution in [0.25, 0.3) is 0 Å². The Morgan fingerprint density at radius 2 is 1.85 bits per heavy atom. The summed E-state index contributed by atoms with van der Waals surface area (Å²) in [7, 11) is 0. The molecule has 210 valence electrons. The van der Waals surface area contributed by atoms with Crippen LogP contribution < -0.4 is 10.1 Å². The summed E-state index contributed by atoms with van der Waals surface area (Å²) in [5, 5.41) is 3.21. The van der Waals surface area contributed by atoms with Gasteiger partial charge in [0.15, 0.2) is 0 Å². The number of amides is 2. The number of likely N-dealkylation sites (tertiary alicyclic amines) is 2. The Labute approximate surface area is 232 Å². The highest BCUT2D eigenvalue weighted by Crippen LogP contribution is 2.38. The van der Waals surface area contributed by atoms with E-state index in [1.54, 1.807) is 0 Å². The molecule has 5 rings (SSSR count). The third-order valence-corrected chi connectivity index (χ3v) is 8.87. The van der Waals surface area contributed by atoms with E-state index in [0.29, 0.717) is 25.6 Å². The first-order chi connectivity index (χ1) is 19.0. The lowest BCUT2D eigenvalue weighted by Gasteiger charge is -2.41. The average Bonchev–Trinajstić information content (AvgIpc) is 2.97. The zero-order valence-electron chi connectivity index (χ0n) is 23.4. The molecule has 1 spiro atoms. The van der Waals surface area contributed by atoms with Crippen LogP contribution in [0.15, 0.2) is 36.5 Å². The number of carbonyl (C=O) groups is 2. The molecule has 2 saturated heterocycles. The molecule has 8 heteroatoms. The molecule has 0 atom stereocenters. The van der Waals surface area contributed by atoms with Crippen LogP contribution >= 0.6 is 0 Å². The summed E-state index contributed by atoms with van der Waals surface area (Å²) in [6, 6.07) is 10.2. The molecular weight excluding hydrogens is 490 g/mol. The minimum Gasteiger partial charge on any atom is -0.493 e. The van der Waals surface area contributed by atoms with Crippen molar-refractivity contribution in [1.82, 2.24) is 25.1 Å². The van der Waals surface area contributed by atoms with Gasteiger partial charge < -0.3 is 15.0 Å². The summed E-state index contributed by atoms with van der Waals surface area (Å²) in [5.74, 6) is 2.60. The molecule has 0 unspecified atom stereocenters. The van der Waals surface area contributed by atoms with E-state index in [0.717, 1.165) is 101 Å². The third kappa shape index (κ3) is 6.96. The van der Waals surface area contributed by atoms with Gasteiger partial charge in [0.25, 0.3) is 0 Å². The lowest BCUT2D eigenvalue weighted by atomic mass is 9.73. The van der Waals surface area contributed by atoms with Crippen LogP contribution in [0.5, 0.6) is 5.75 Å². The number of hydrogen-bond acceptors (Lipinski definition) is 6. The molecule has 2 fully saturated rings. The number of nitrogens with zero attached hydrogens (tertiary/aromatic N) is 4. The van der Waals surface area contributed by atoms with Gasteiger partial charge in [-0.05, 0) is 89.1 Å². The van der Waals surface area contributed by atoms with Crippen molar-refractivity contribution in [2.45, 2.75) is 70.6 Å². The molecule has 1 aromatic heterocycles. The molecule has 3 aliphatic rings. The SMILES string of the molecule is Cc1ccnc(C2CCN(C(=O)CN3CCC4(CCCCc5ccccc5OCCCNC4=O)CC3)CC2)n1. The van der Waals surface area contributed by atoms with Crippen molar-refractivity contribution in [2.75, 3.05) is 45.9 Å². The van der Waals surface area contributed by atoms with E-state index < -0.39 is 0 Å². The van der Waals surface area contributed by atoms with Crippen LogP contribution in [-0.2, 0) is 16.0 Å². The largest absolute Gasteiger partial charge is 0.493 e. The van der Waals surface area contributed by atoms with Gasteiger partial charge >= 0.3 is 0 Å². The molecule has 4 heterocycles. The Morgan fingerprint density at radius 3 is 2.64 bits per heavy atom. The maximum atomic E-state index is 13.4. The molecule has 1 aromatic carbocycles. The number of rotatable bonds is 3. The van der Waals surface area contributed by atoms with Gasteiger partial charge in [0.1, 0.15) is 11.6 Å². The fourth-order valence-electron chi connectivity index (χ4n) is 6.35. The summed E-state index contributed by atoms with van der Waals surface area (Å²) < 4.78 is 6.01. The highest BCUT2D eigenvalue weighted by Gasteiger charge is 2.41. The van der Waals surface area contributed by atoms with Crippen molar-refractivity contribution in [2.24, 2.45) is 5.41 Å². The first-order valence-corrected chi connectivity index (χ1v) is 14.8. The molecule has 0 saturated carbocycles. The van der Waals surface area contributed by atoms with Crippen molar-refractivity contribution < 1.29 is 14.3 Å². The number of aryl methyl sites for hydroxylation is 2. The molecule has 0 bridgehead atoms. The lowest BCUT2D eigenvalue weighted by Crippen LogP contribution is -2.51. The number of carbonyl (C=O) groups excluding carboxylic acids is 2. The Kier molecular flexibility index (Phi) is 9.12. The van der Waals surface area contributed by atoms with Crippen molar-refractivity contribution in [1.29, 1.82) is 0 Å². The zero-order chi connectivity index (χ0) is 27.1. The first kappa shape index (κ1) is 27.6. The molecule has 2 aromatic rings. The number of piperidine rings is 2. The minimum atomic E-state index is -0.333. The molecule has 39 heavy (non-hydrogen) atoms. The maximum Gasteiger partial charge on any atom is 0.236 e. The van der Waals surface area contributed by atoms with Gasteiger partial charge in [-0.1, -0.05) is 24.6 Å². The van der Waals surface area contributed by atoms with Gasteiger partial charge in [0, 0.05) is 37.4 Å². The second-order valence-corrected chi connectivity index (χ2v) is 11.5. The second kappa shape index (κ2) is 12.9. The Bertz CT molecular complexity index is 1120. The predicted octanol–water partition coefficient (Wildman–Crippen LogP) is 3.88. The third-order valence-electron chi connectivity index (χ3n) is 8.87. The summed E-state index contributed by atoms with van der Waals surface area (Å²) >= 11 is 0. The highest BCUT2D eigenvalue weighted by molar-refractivity contribution is 5.83. The Balaban J connectivity index is 1.12. The van der Waals surface area contributed by atoms with Crippen LogP contribution in [0.2, 0.25) is 0 Å². The van der Waals surface area contributed by atoms with Crippen LogP contribution in [0.4, 0.5) is 0 Å². The smallest absolute Gasteiger partial charge is 0.236 e. The van der Waals surface area contributed by atoms with Crippen LogP contribution in [0.1, 0.15) is 74.4 Å². The summed E-state index contributed by atoms with van der Waals surface area (Å²) in [4.78, 5) is 39.9. The summed E-state index contributed by atoms with van der Waals surface area (Å²) in [5.41, 5.74) is 1.92. The monoisotopic (exact) mass is 533 g/mol. The Morgan fingerprint density at radius 1 is 1.05 bits per heavy atom. The van der Waals surface area contributed by atoms with Crippen LogP contribution in [-0.4, -0.2) is 77.5 Å². The highest BCUT2D eigenvalue weighted by atomic mass is 16.5. The van der Waals surface area contributed by atoms with Gasteiger partial charge in [-0.15, -0.1) is 0 Å². The summed E-state index contributed by atoms with van der Waals surface area (Å²) in [6.45, 7) is 6.77. The molecule has 3 aliphatic heterocycles. The molecule has 0 radical (unpaired) electrons. The predicted molar refractivity (Wildman–Crippen MR) is 151 cm³/mol. The quantitative estimate of drug-likeness (QED) is 0.644. The van der Waals surface area contributed by atoms with Crippen molar-refractivity contribution in [3.8, 4) is 5.75 Å². The molecule has 8 nitrogen and oxygen atoms in total. The van der Waals surface area contributed by atoms with E-state index in [-0.39, 0.29) is 17.2 Å². The van der Waals surface area contributed by atoms with Gasteiger partial charge in [-0.2, -0.15) is 0 Å². The number of nitrogens with one attached hydrogen (secondary N) is 1. The van der Waals surface area contributed by atoms with Gasteiger partial charge in [0.05, 0.1) is 18.6 Å². The van der Waals surface area contributed by atoms with Gasteiger partial charge in [-0.3, -0.25) is 14.5 Å². The van der Waals surface area contributed by atoms with Gasteiger partial charge in [0.2, 0.25) is 11.8 Å². The van der Waals surface area contributed by atoms with E-state index in [2.05, 4.69) is 32.3 Å². The van der Waals surface area contributed by atoms with Crippen molar-refractivity contribution >= 4 is 11.8 Å². The zero-order valence-corrected chi connectivity index (χ0v) is 23.4. The number of benzene rings is 1. The van der Waals surface area contributed by atoms with E-state index >= 15 is 0 Å². The topological polar surface area (TPSA) is 87.7 Å². The van der Waals surface area contributed by atoms with Gasteiger partial charge in [-0.25, -0.2) is 9.97 Å².